The van der Waals surface area contributed by atoms with Gasteiger partial charge in [-0.15, -0.1) is 10.2 Å². The van der Waals surface area contributed by atoms with E-state index in [0.717, 1.165) is 22.9 Å². The molecule has 0 bridgehead atoms. The fourth-order valence-electron chi connectivity index (χ4n) is 2.55. The van der Waals surface area contributed by atoms with Crippen molar-refractivity contribution in [2.75, 3.05) is 11.1 Å². The number of aromatic nitrogens is 4. The summed E-state index contributed by atoms with van der Waals surface area (Å²) in [4.78, 5) is 4.37. The van der Waals surface area contributed by atoms with E-state index < -0.39 is 0 Å². The number of furan rings is 1. The van der Waals surface area contributed by atoms with Crippen LogP contribution in [-0.4, -0.2) is 25.3 Å². The van der Waals surface area contributed by atoms with Crippen LogP contribution in [0.4, 0.5) is 5.82 Å². The largest absolute Gasteiger partial charge is 0.472 e. The standard InChI is InChI=1S/C14H15N5OS/c1-2-11(21-7-1)13-17-18-14-12(15-4-5-19(13)14)16-8-10-3-6-20-9-10/h3-6,9,11H,1-2,7-8H2,(H,15,16)/t11-/m0/s1. The highest BCUT2D eigenvalue weighted by Crippen LogP contribution is 2.39. The van der Waals surface area contributed by atoms with Crippen molar-refractivity contribution in [3.05, 3.63) is 42.4 Å². The number of thioether (sulfide) groups is 1. The molecular formula is C14H15N5OS. The Labute approximate surface area is 126 Å². The van der Waals surface area contributed by atoms with Gasteiger partial charge in [-0.05, 0) is 24.7 Å². The van der Waals surface area contributed by atoms with Crippen LogP contribution < -0.4 is 5.32 Å². The fourth-order valence-corrected chi connectivity index (χ4v) is 3.81. The number of hydrogen-bond donors (Lipinski definition) is 1. The highest BCUT2D eigenvalue weighted by atomic mass is 32.2. The van der Waals surface area contributed by atoms with Crippen molar-refractivity contribution in [3.63, 3.8) is 0 Å². The summed E-state index contributed by atoms with van der Waals surface area (Å²) >= 11 is 1.96. The van der Waals surface area contributed by atoms with Gasteiger partial charge in [-0.3, -0.25) is 4.40 Å². The van der Waals surface area contributed by atoms with Gasteiger partial charge in [-0.1, -0.05) is 0 Å². The van der Waals surface area contributed by atoms with Crippen molar-refractivity contribution in [1.82, 2.24) is 19.6 Å². The Morgan fingerprint density at radius 2 is 2.43 bits per heavy atom. The van der Waals surface area contributed by atoms with Gasteiger partial charge in [0.1, 0.15) is 0 Å². The second-order valence-corrected chi connectivity index (χ2v) is 6.33. The van der Waals surface area contributed by atoms with Crippen LogP contribution in [-0.2, 0) is 6.54 Å². The predicted octanol–water partition coefficient (Wildman–Crippen LogP) is 2.90. The van der Waals surface area contributed by atoms with Crippen LogP contribution in [0.2, 0.25) is 0 Å². The molecule has 1 atom stereocenters. The van der Waals surface area contributed by atoms with Gasteiger partial charge in [0, 0.05) is 24.5 Å². The highest BCUT2D eigenvalue weighted by Gasteiger charge is 2.23. The van der Waals surface area contributed by atoms with E-state index in [1.807, 2.05) is 28.4 Å². The second-order valence-electron chi connectivity index (χ2n) is 5.01. The van der Waals surface area contributed by atoms with Crippen LogP contribution in [0.3, 0.4) is 0 Å². The Bertz CT molecular complexity index is 733. The molecule has 0 amide bonds. The molecule has 1 fully saturated rings. The van der Waals surface area contributed by atoms with E-state index in [9.17, 15) is 0 Å². The van der Waals surface area contributed by atoms with E-state index in [-0.39, 0.29) is 0 Å². The first-order valence-corrected chi connectivity index (χ1v) is 8.03. The molecule has 0 saturated carbocycles. The van der Waals surface area contributed by atoms with Gasteiger partial charge in [-0.25, -0.2) is 4.98 Å². The van der Waals surface area contributed by atoms with Crippen molar-refractivity contribution >= 4 is 23.2 Å². The van der Waals surface area contributed by atoms with Crippen molar-refractivity contribution in [2.45, 2.75) is 24.6 Å². The molecule has 0 radical (unpaired) electrons. The Morgan fingerprint density at radius 3 is 3.24 bits per heavy atom. The zero-order chi connectivity index (χ0) is 14.1. The summed E-state index contributed by atoms with van der Waals surface area (Å²) < 4.78 is 7.11. The smallest absolute Gasteiger partial charge is 0.203 e. The van der Waals surface area contributed by atoms with Crippen molar-refractivity contribution in [1.29, 1.82) is 0 Å². The molecule has 3 aromatic rings. The second kappa shape index (κ2) is 5.40. The van der Waals surface area contributed by atoms with E-state index in [2.05, 4.69) is 20.5 Å². The first kappa shape index (κ1) is 12.7. The number of nitrogens with zero attached hydrogens (tertiary/aromatic N) is 4. The Morgan fingerprint density at radius 1 is 1.43 bits per heavy atom. The third-order valence-electron chi connectivity index (χ3n) is 3.61. The summed E-state index contributed by atoms with van der Waals surface area (Å²) in [7, 11) is 0. The molecule has 1 saturated heterocycles. The summed E-state index contributed by atoms with van der Waals surface area (Å²) in [6, 6.07) is 1.93. The molecule has 6 nitrogen and oxygen atoms in total. The lowest BCUT2D eigenvalue weighted by atomic mass is 10.2. The lowest BCUT2D eigenvalue weighted by Gasteiger charge is -2.08. The maximum absolute atomic E-state index is 5.07. The van der Waals surface area contributed by atoms with E-state index in [1.54, 1.807) is 18.7 Å². The average Bonchev–Trinajstić information content (AvgIpc) is 3.24. The molecule has 21 heavy (non-hydrogen) atoms. The molecule has 4 heterocycles. The first-order valence-electron chi connectivity index (χ1n) is 6.98. The Hall–Kier alpha value is -2.02. The molecule has 0 spiro atoms. The van der Waals surface area contributed by atoms with Crippen molar-refractivity contribution < 1.29 is 4.42 Å². The SMILES string of the molecule is c1cn2c([C@@H]3CCCS3)nnc2c(NCc2ccoc2)n1. The van der Waals surface area contributed by atoms with Crippen molar-refractivity contribution in [3.8, 4) is 0 Å². The summed E-state index contributed by atoms with van der Waals surface area (Å²) in [5.41, 5.74) is 1.85. The Balaban J connectivity index is 1.63. The summed E-state index contributed by atoms with van der Waals surface area (Å²) in [5.74, 6) is 2.98. The van der Waals surface area contributed by atoms with Gasteiger partial charge in [0.15, 0.2) is 11.6 Å². The zero-order valence-electron chi connectivity index (χ0n) is 11.4. The monoisotopic (exact) mass is 301 g/mol. The molecule has 4 rings (SSSR count). The quantitative estimate of drug-likeness (QED) is 0.799. The van der Waals surface area contributed by atoms with Gasteiger partial charge >= 0.3 is 0 Å². The highest BCUT2D eigenvalue weighted by molar-refractivity contribution is 7.99. The zero-order valence-corrected chi connectivity index (χ0v) is 12.2. The summed E-state index contributed by atoms with van der Waals surface area (Å²) in [6.45, 7) is 0.656. The molecule has 0 unspecified atom stereocenters. The molecule has 108 valence electrons. The van der Waals surface area contributed by atoms with Crippen LogP contribution in [0.5, 0.6) is 0 Å². The predicted molar refractivity (Wildman–Crippen MR) is 81.2 cm³/mol. The van der Waals surface area contributed by atoms with E-state index in [1.165, 1.54) is 18.6 Å². The molecule has 1 aliphatic rings. The number of nitrogens with one attached hydrogen (secondary N) is 1. The van der Waals surface area contributed by atoms with E-state index in [4.69, 9.17) is 4.42 Å². The average molecular weight is 301 g/mol. The van der Waals surface area contributed by atoms with Crippen LogP contribution in [0.25, 0.3) is 5.65 Å². The number of rotatable bonds is 4. The molecular weight excluding hydrogens is 286 g/mol. The van der Waals surface area contributed by atoms with Crippen LogP contribution in [0.1, 0.15) is 29.5 Å². The minimum Gasteiger partial charge on any atom is -0.472 e. The van der Waals surface area contributed by atoms with Crippen LogP contribution in [0, 0.1) is 0 Å². The van der Waals surface area contributed by atoms with Gasteiger partial charge in [0.05, 0.1) is 17.8 Å². The molecule has 7 heteroatoms. The van der Waals surface area contributed by atoms with Crippen LogP contribution >= 0.6 is 11.8 Å². The summed E-state index contributed by atoms with van der Waals surface area (Å²) in [5, 5.41) is 12.4. The van der Waals surface area contributed by atoms with E-state index >= 15 is 0 Å². The van der Waals surface area contributed by atoms with Gasteiger partial charge in [-0.2, -0.15) is 11.8 Å². The number of hydrogen-bond acceptors (Lipinski definition) is 6. The Kier molecular flexibility index (Phi) is 3.27. The third kappa shape index (κ3) is 2.37. The maximum atomic E-state index is 5.07. The number of anilines is 1. The molecule has 0 aromatic carbocycles. The fraction of sp³-hybridized carbons (Fsp3) is 0.357. The normalized spacial score (nSPS) is 18.4. The minimum atomic E-state index is 0.448. The van der Waals surface area contributed by atoms with Gasteiger partial charge < -0.3 is 9.73 Å². The lowest BCUT2D eigenvalue weighted by Crippen LogP contribution is -2.04. The molecule has 1 aliphatic heterocycles. The summed E-state index contributed by atoms with van der Waals surface area (Å²) in [6.07, 6.45) is 9.53. The van der Waals surface area contributed by atoms with Gasteiger partial charge in [0.2, 0.25) is 5.65 Å². The third-order valence-corrected chi connectivity index (χ3v) is 4.98. The van der Waals surface area contributed by atoms with Crippen LogP contribution in [0.15, 0.2) is 35.4 Å². The molecule has 0 aliphatic carbocycles. The number of fused-ring (bicyclic) bond motifs is 1. The first-order chi connectivity index (χ1) is 10.4. The minimum absolute atomic E-state index is 0.448. The lowest BCUT2D eigenvalue weighted by molar-refractivity contribution is 0.564. The maximum Gasteiger partial charge on any atom is 0.203 e. The molecule has 3 aromatic heterocycles. The topological polar surface area (TPSA) is 68.2 Å². The van der Waals surface area contributed by atoms with E-state index in [0.29, 0.717) is 11.8 Å². The van der Waals surface area contributed by atoms with Gasteiger partial charge in [0.25, 0.3) is 0 Å². The van der Waals surface area contributed by atoms with Crippen molar-refractivity contribution in [2.24, 2.45) is 0 Å². The molecule has 1 N–H and O–H groups in total.